The number of methoxy groups -OCH3 is 1. The standard InChI is InChI=1S/C21H20N4OS/c1-26-11-6-7-15-14(10-11)12-8-9-25-19(22)17-13-4-2-3-5-16(13)27-21(17)24-20(25)18(12)23-15/h6-7,10H,2-5,8-9H2,1H3,(H2,22,23,24)/p+1. The highest BCUT2D eigenvalue weighted by atomic mass is 32.1. The van der Waals surface area contributed by atoms with Crippen LogP contribution < -0.4 is 15.0 Å². The molecule has 6 heteroatoms. The van der Waals surface area contributed by atoms with E-state index in [0.29, 0.717) is 0 Å². The van der Waals surface area contributed by atoms with Gasteiger partial charge in [0, 0.05) is 22.2 Å². The number of aromatic amines is 1. The van der Waals surface area contributed by atoms with Crippen LogP contribution in [0.3, 0.4) is 0 Å². The monoisotopic (exact) mass is 377 g/mol. The molecule has 0 fully saturated rings. The largest absolute Gasteiger partial charge is 0.497 e. The first kappa shape index (κ1) is 15.5. The van der Waals surface area contributed by atoms with Crippen molar-refractivity contribution in [3.63, 3.8) is 0 Å². The molecule has 4 heterocycles. The molecule has 1 aliphatic carbocycles. The molecule has 5 nitrogen and oxygen atoms in total. The molecule has 6 rings (SSSR count). The lowest BCUT2D eigenvalue weighted by atomic mass is 9.96. The van der Waals surface area contributed by atoms with E-state index in [2.05, 4.69) is 21.7 Å². The summed E-state index contributed by atoms with van der Waals surface area (Å²) >= 11 is 1.84. The lowest BCUT2D eigenvalue weighted by Crippen LogP contribution is -2.44. The number of aryl methyl sites for hydroxylation is 3. The van der Waals surface area contributed by atoms with Crippen molar-refractivity contribution >= 4 is 38.3 Å². The molecular formula is C21H21N4OS+. The molecule has 27 heavy (non-hydrogen) atoms. The highest BCUT2D eigenvalue weighted by molar-refractivity contribution is 7.19. The van der Waals surface area contributed by atoms with Gasteiger partial charge in [-0.2, -0.15) is 0 Å². The number of hydrogen-bond acceptors (Lipinski definition) is 4. The highest BCUT2D eigenvalue weighted by Crippen LogP contribution is 2.40. The smallest absolute Gasteiger partial charge is 0.288 e. The third-order valence-corrected chi connectivity index (χ3v) is 7.27. The average molecular weight is 377 g/mol. The zero-order valence-electron chi connectivity index (χ0n) is 15.3. The first-order valence-corrected chi connectivity index (χ1v) is 10.4. The topological polar surface area (TPSA) is 67.8 Å². The number of thiophene rings is 1. The van der Waals surface area contributed by atoms with Crippen LogP contribution in [0.1, 0.15) is 28.8 Å². The van der Waals surface area contributed by atoms with Crippen LogP contribution in [0, 0.1) is 0 Å². The molecule has 0 bridgehead atoms. The molecule has 0 saturated carbocycles. The van der Waals surface area contributed by atoms with Crippen LogP contribution in [-0.4, -0.2) is 17.1 Å². The van der Waals surface area contributed by atoms with Crippen LogP contribution in [0.15, 0.2) is 18.2 Å². The minimum Gasteiger partial charge on any atom is -0.497 e. The summed E-state index contributed by atoms with van der Waals surface area (Å²) in [6.45, 7) is 0.867. The zero-order valence-corrected chi connectivity index (χ0v) is 16.1. The van der Waals surface area contributed by atoms with Crippen LogP contribution >= 0.6 is 11.3 Å². The SMILES string of the molecule is COc1ccc2[nH]c3c(c2c1)CC[n+]1c-3nc2sc3c(c2c1N)CCCC3. The van der Waals surface area contributed by atoms with Crippen molar-refractivity contribution in [2.45, 2.75) is 38.6 Å². The molecule has 1 aliphatic heterocycles. The molecule has 4 aromatic rings. The van der Waals surface area contributed by atoms with Gasteiger partial charge in [0.2, 0.25) is 10.6 Å². The van der Waals surface area contributed by atoms with Crippen molar-refractivity contribution in [2.75, 3.05) is 12.8 Å². The molecule has 0 amide bonds. The second kappa shape index (κ2) is 5.45. The minimum absolute atomic E-state index is 0.867. The predicted molar refractivity (Wildman–Crippen MR) is 108 cm³/mol. The summed E-state index contributed by atoms with van der Waals surface area (Å²) in [5, 5.41) is 2.43. The molecule has 0 atom stereocenters. The molecule has 3 aromatic heterocycles. The van der Waals surface area contributed by atoms with Gasteiger partial charge in [-0.25, -0.2) is 4.57 Å². The summed E-state index contributed by atoms with van der Waals surface area (Å²) < 4.78 is 7.63. The molecular weight excluding hydrogens is 356 g/mol. The fourth-order valence-corrected chi connectivity index (χ4v) is 6.01. The van der Waals surface area contributed by atoms with Crippen LogP contribution in [0.25, 0.3) is 32.6 Å². The average Bonchev–Trinajstić information content (AvgIpc) is 3.25. The van der Waals surface area contributed by atoms with E-state index in [4.69, 9.17) is 15.5 Å². The number of benzene rings is 1. The minimum atomic E-state index is 0.867. The number of rotatable bonds is 1. The van der Waals surface area contributed by atoms with E-state index in [-0.39, 0.29) is 0 Å². The number of hydrogen-bond donors (Lipinski definition) is 2. The number of ether oxygens (including phenoxy) is 1. The fourth-order valence-electron chi connectivity index (χ4n) is 4.75. The second-order valence-electron chi connectivity index (χ2n) is 7.50. The Morgan fingerprint density at radius 1 is 1.19 bits per heavy atom. The number of aromatic nitrogens is 3. The van der Waals surface area contributed by atoms with E-state index >= 15 is 0 Å². The summed E-state index contributed by atoms with van der Waals surface area (Å²) in [4.78, 5) is 11.3. The Bertz CT molecular complexity index is 1240. The lowest BCUT2D eigenvalue weighted by molar-refractivity contribution is -0.674. The predicted octanol–water partition coefficient (Wildman–Crippen LogP) is 3.76. The maximum atomic E-state index is 6.70. The van der Waals surface area contributed by atoms with Gasteiger partial charge in [0.15, 0.2) is 0 Å². The number of nitrogens with one attached hydrogen (secondary N) is 1. The maximum Gasteiger partial charge on any atom is 0.288 e. The molecule has 0 spiro atoms. The Balaban J connectivity index is 1.64. The number of nitrogens with zero attached hydrogens (tertiary/aromatic N) is 2. The number of nitrogen functional groups attached to an aromatic ring is 1. The summed E-state index contributed by atoms with van der Waals surface area (Å²) in [6, 6.07) is 6.20. The quantitative estimate of drug-likeness (QED) is 0.496. The highest BCUT2D eigenvalue weighted by Gasteiger charge is 2.32. The van der Waals surface area contributed by atoms with Crippen LogP contribution in [0.2, 0.25) is 0 Å². The summed E-state index contributed by atoms with van der Waals surface area (Å²) in [6.07, 6.45) is 5.79. The van der Waals surface area contributed by atoms with Gasteiger partial charge in [0.1, 0.15) is 16.8 Å². The van der Waals surface area contributed by atoms with Gasteiger partial charge in [-0.05, 0) is 55.0 Å². The third kappa shape index (κ3) is 2.04. The van der Waals surface area contributed by atoms with Crippen LogP contribution in [0.5, 0.6) is 5.75 Å². The number of fused-ring (bicyclic) bond motifs is 8. The van der Waals surface area contributed by atoms with Gasteiger partial charge in [-0.15, -0.1) is 11.3 Å². The first-order valence-electron chi connectivity index (χ1n) is 9.57. The summed E-state index contributed by atoms with van der Waals surface area (Å²) in [5.74, 6) is 2.74. The van der Waals surface area contributed by atoms with E-state index in [1.165, 1.54) is 46.0 Å². The number of anilines is 1. The lowest BCUT2D eigenvalue weighted by Gasteiger charge is -2.16. The Morgan fingerprint density at radius 3 is 2.96 bits per heavy atom. The van der Waals surface area contributed by atoms with E-state index in [1.807, 2.05) is 17.4 Å². The van der Waals surface area contributed by atoms with Crippen molar-refractivity contribution < 1.29 is 9.30 Å². The Hall–Kier alpha value is -2.60. The number of H-pyrrole nitrogens is 1. The van der Waals surface area contributed by atoms with Crippen molar-refractivity contribution in [2.24, 2.45) is 0 Å². The summed E-state index contributed by atoms with van der Waals surface area (Å²) in [5.41, 5.74) is 11.7. The van der Waals surface area contributed by atoms with Crippen LogP contribution in [-0.2, 0) is 25.8 Å². The molecule has 1 aromatic carbocycles. The van der Waals surface area contributed by atoms with Crippen molar-refractivity contribution in [3.05, 3.63) is 34.2 Å². The molecule has 3 N–H and O–H groups in total. The van der Waals surface area contributed by atoms with E-state index in [0.717, 1.165) is 52.8 Å². The molecule has 0 unspecified atom stereocenters. The Kier molecular flexibility index (Phi) is 3.12. The van der Waals surface area contributed by atoms with Gasteiger partial charge in [0.05, 0.1) is 13.7 Å². The van der Waals surface area contributed by atoms with Gasteiger partial charge in [0.25, 0.3) is 5.82 Å². The van der Waals surface area contributed by atoms with E-state index in [1.54, 1.807) is 7.11 Å². The molecule has 0 radical (unpaired) electrons. The molecule has 0 saturated heterocycles. The van der Waals surface area contributed by atoms with Gasteiger partial charge in [-0.3, -0.25) is 0 Å². The maximum absolute atomic E-state index is 6.70. The van der Waals surface area contributed by atoms with Crippen molar-refractivity contribution in [3.8, 4) is 17.3 Å². The Morgan fingerprint density at radius 2 is 2.07 bits per heavy atom. The van der Waals surface area contributed by atoms with Gasteiger partial charge < -0.3 is 15.5 Å². The van der Waals surface area contributed by atoms with E-state index < -0.39 is 0 Å². The number of nitrogens with two attached hydrogens (primary N) is 1. The summed E-state index contributed by atoms with van der Waals surface area (Å²) in [7, 11) is 1.71. The van der Waals surface area contributed by atoms with Gasteiger partial charge in [-0.1, -0.05) is 4.98 Å². The Labute approximate surface area is 160 Å². The fraction of sp³-hybridized carbons (Fsp3) is 0.333. The normalized spacial score (nSPS) is 15.6. The second-order valence-corrected chi connectivity index (χ2v) is 8.59. The zero-order chi connectivity index (χ0) is 18.1. The van der Waals surface area contributed by atoms with E-state index in [9.17, 15) is 0 Å². The third-order valence-electron chi connectivity index (χ3n) is 6.09. The van der Waals surface area contributed by atoms with Crippen molar-refractivity contribution in [1.82, 2.24) is 9.97 Å². The molecule has 2 aliphatic rings. The molecule has 136 valence electrons. The first-order chi connectivity index (χ1) is 13.2. The van der Waals surface area contributed by atoms with Crippen LogP contribution in [0.4, 0.5) is 5.82 Å². The van der Waals surface area contributed by atoms with Gasteiger partial charge >= 0.3 is 0 Å². The van der Waals surface area contributed by atoms with Crippen molar-refractivity contribution in [1.29, 1.82) is 0 Å².